The van der Waals surface area contributed by atoms with Gasteiger partial charge in [-0.1, -0.05) is 103 Å². The summed E-state index contributed by atoms with van der Waals surface area (Å²) < 4.78 is 43.2. The fourth-order valence-electron chi connectivity index (χ4n) is 5.97. The summed E-state index contributed by atoms with van der Waals surface area (Å²) in [4.78, 5) is 13.7. The van der Waals surface area contributed by atoms with Gasteiger partial charge in [0.1, 0.15) is 6.04 Å². The molecule has 0 aliphatic carbocycles. The zero-order valence-electron chi connectivity index (χ0n) is 28.8. The van der Waals surface area contributed by atoms with Crippen LogP contribution in [0.15, 0.2) is 137 Å². The van der Waals surface area contributed by atoms with Crippen LogP contribution < -0.4 is 14.8 Å². The van der Waals surface area contributed by atoms with Crippen LogP contribution in [0.4, 0.5) is 5.69 Å². The largest absolute Gasteiger partial charge is 0.618 e. The van der Waals surface area contributed by atoms with Crippen molar-refractivity contribution in [3.05, 3.63) is 161 Å². The van der Waals surface area contributed by atoms with Crippen molar-refractivity contribution in [2.45, 2.75) is 61.3 Å². The van der Waals surface area contributed by atoms with Crippen molar-refractivity contribution < 1.29 is 32.5 Å². The average Bonchev–Trinajstić information content (AvgIpc) is 3.15. The maximum Gasteiger partial charge on any atom is 0.251 e. The molecule has 270 valence electrons. The van der Waals surface area contributed by atoms with E-state index in [9.17, 15) is 23.5 Å². The van der Waals surface area contributed by atoms with Gasteiger partial charge < -0.3 is 25.1 Å². The molecule has 5 unspecified atom stereocenters. The number of aliphatic hydroxyl groups excluding tert-OH is 1. The summed E-state index contributed by atoms with van der Waals surface area (Å²) in [6, 6.07) is 34.6. The van der Waals surface area contributed by atoms with Gasteiger partial charge in [0.25, 0.3) is 5.03 Å². The lowest BCUT2D eigenvalue weighted by atomic mass is 9.91. The number of aryl methyl sites for hydroxylation is 1. The molecule has 2 heterocycles. The normalized spacial score (nSPS) is 19.5. The number of ether oxygens (including phenoxy) is 2. The highest BCUT2D eigenvalue weighted by molar-refractivity contribution is 7.99. The molecule has 1 amide bonds. The number of thioether (sulfide) groups is 1. The third-order valence-corrected chi connectivity index (χ3v) is 11.6. The molecule has 0 spiro atoms. The molecule has 5 aromatic rings. The monoisotopic (exact) mass is 739 g/mol. The Morgan fingerprint density at radius 1 is 0.865 bits per heavy atom. The van der Waals surface area contributed by atoms with Crippen molar-refractivity contribution in [1.29, 1.82) is 0 Å². The molecule has 5 atom stereocenters. The Labute approximate surface area is 308 Å². The highest BCUT2D eigenvalue weighted by Crippen LogP contribution is 2.43. The number of hydrogen-bond acceptors (Lipinski definition) is 8. The van der Waals surface area contributed by atoms with Gasteiger partial charge in [-0.15, -0.1) is 0 Å². The van der Waals surface area contributed by atoms with Gasteiger partial charge in [0.05, 0.1) is 23.7 Å². The Bertz CT molecular complexity index is 2050. The molecule has 12 heteroatoms. The molecule has 1 aliphatic rings. The lowest BCUT2D eigenvalue weighted by Crippen LogP contribution is -2.45. The molecule has 10 nitrogen and oxygen atoms in total. The number of sulfonamides is 1. The number of benzene rings is 4. The van der Waals surface area contributed by atoms with E-state index in [0.29, 0.717) is 16.5 Å². The number of carbonyl (C=O) groups excluding carboxylic acids is 1. The van der Waals surface area contributed by atoms with Crippen LogP contribution in [-0.2, 0) is 37.3 Å². The van der Waals surface area contributed by atoms with E-state index in [1.807, 2.05) is 67.6 Å². The average molecular weight is 740 g/mol. The van der Waals surface area contributed by atoms with E-state index in [2.05, 4.69) is 17.0 Å². The Balaban J connectivity index is 1.20. The number of amides is 1. The summed E-state index contributed by atoms with van der Waals surface area (Å²) in [7, 11) is -4.00. The number of rotatable bonds is 13. The van der Waals surface area contributed by atoms with Crippen molar-refractivity contribution >= 4 is 33.4 Å². The van der Waals surface area contributed by atoms with Crippen molar-refractivity contribution in [3.8, 4) is 0 Å². The van der Waals surface area contributed by atoms with Crippen molar-refractivity contribution in [1.82, 2.24) is 4.72 Å². The van der Waals surface area contributed by atoms with E-state index in [-0.39, 0.29) is 36.0 Å². The highest BCUT2D eigenvalue weighted by atomic mass is 32.2. The smallest absolute Gasteiger partial charge is 0.251 e. The third-order valence-electron chi connectivity index (χ3n) is 8.99. The fraction of sp³-hybridized carbons (Fsp3) is 0.250. The number of aromatic nitrogens is 1. The zero-order chi connectivity index (χ0) is 36.7. The van der Waals surface area contributed by atoms with Crippen molar-refractivity contribution in [3.63, 3.8) is 0 Å². The first-order valence-electron chi connectivity index (χ1n) is 16.9. The second kappa shape index (κ2) is 16.8. The molecular formula is C40H41N3O7S2. The number of aliphatic hydroxyl groups is 1. The van der Waals surface area contributed by atoms with Gasteiger partial charge in [0.2, 0.25) is 15.9 Å². The standard InChI is InChI=1S/C40H41N3O7S2/c1-27-11-21-34(22-12-27)52(47,48)42-35(24-29-8-4-3-5-9-29)39(45)41-33-19-17-32(18-20-33)40-49-36(26-51-37-10-6-7-23-43(37)46)28(2)38(50-40)31-15-13-30(25-44)14-16-31/h3-23,28,35-36,38,40,42,44H,24-26H2,1-2H3,(H,41,45). The molecule has 52 heavy (non-hydrogen) atoms. The van der Waals surface area contributed by atoms with Crippen LogP contribution in [0.25, 0.3) is 0 Å². The molecule has 0 saturated carbocycles. The maximum atomic E-state index is 13.7. The number of carbonyl (C=O) groups is 1. The lowest BCUT2D eigenvalue weighted by molar-refractivity contribution is -0.645. The van der Waals surface area contributed by atoms with Gasteiger partial charge in [0, 0.05) is 35.1 Å². The first kappa shape index (κ1) is 37.2. The number of nitrogens with zero attached hydrogens (tertiary/aromatic N) is 1. The predicted octanol–water partition coefficient (Wildman–Crippen LogP) is 6.23. The maximum absolute atomic E-state index is 13.7. The lowest BCUT2D eigenvalue weighted by Gasteiger charge is -2.41. The molecule has 1 saturated heterocycles. The van der Waals surface area contributed by atoms with E-state index < -0.39 is 28.3 Å². The Hall–Kier alpha value is -4.56. The minimum absolute atomic E-state index is 0.0624. The molecule has 0 bridgehead atoms. The SMILES string of the molecule is Cc1ccc(S(=O)(=O)NC(Cc2ccccc2)C(=O)Nc2ccc(C3OC(CSc4cccc[n+]4[O-])C(C)C(c4ccc(CO)cc4)O3)cc2)cc1. The summed E-state index contributed by atoms with van der Waals surface area (Å²) in [5.74, 6) is -0.0730. The van der Waals surface area contributed by atoms with Gasteiger partial charge in [-0.2, -0.15) is 9.45 Å². The summed E-state index contributed by atoms with van der Waals surface area (Å²) in [6.45, 7) is 3.86. The van der Waals surface area contributed by atoms with Gasteiger partial charge in [-0.3, -0.25) is 4.79 Å². The summed E-state index contributed by atoms with van der Waals surface area (Å²) in [5, 5.41) is 25.3. The van der Waals surface area contributed by atoms with Crippen LogP contribution in [-0.4, -0.2) is 37.3 Å². The van der Waals surface area contributed by atoms with Crippen LogP contribution in [0.2, 0.25) is 0 Å². The van der Waals surface area contributed by atoms with Crippen molar-refractivity contribution in [2.24, 2.45) is 5.92 Å². The van der Waals surface area contributed by atoms with Crippen molar-refractivity contribution in [2.75, 3.05) is 11.1 Å². The summed E-state index contributed by atoms with van der Waals surface area (Å²) >= 11 is 1.41. The zero-order valence-corrected chi connectivity index (χ0v) is 30.4. The van der Waals surface area contributed by atoms with Gasteiger partial charge in [-0.05, 0) is 60.4 Å². The molecule has 4 aromatic carbocycles. The molecule has 6 rings (SSSR count). The first-order chi connectivity index (χ1) is 25.1. The van der Waals surface area contributed by atoms with Crippen LogP contribution in [0.1, 0.15) is 47.1 Å². The number of hydrogen-bond donors (Lipinski definition) is 3. The quantitative estimate of drug-likeness (QED) is 0.0734. The summed E-state index contributed by atoms with van der Waals surface area (Å²) in [5.41, 5.74) is 4.64. The first-order valence-corrected chi connectivity index (χ1v) is 19.4. The Morgan fingerprint density at radius 2 is 1.54 bits per heavy atom. The molecule has 1 aliphatic heterocycles. The van der Waals surface area contributed by atoms with Crippen LogP contribution in [0, 0.1) is 18.0 Å². The minimum atomic E-state index is -4.00. The van der Waals surface area contributed by atoms with E-state index in [1.54, 1.807) is 48.5 Å². The Morgan fingerprint density at radius 3 is 2.21 bits per heavy atom. The van der Waals surface area contributed by atoms with Crippen LogP contribution in [0.5, 0.6) is 0 Å². The second-order valence-electron chi connectivity index (χ2n) is 12.8. The Kier molecular flexibility index (Phi) is 12.1. The second-order valence-corrected chi connectivity index (χ2v) is 15.5. The van der Waals surface area contributed by atoms with E-state index in [4.69, 9.17) is 9.47 Å². The molecule has 3 N–H and O–H groups in total. The van der Waals surface area contributed by atoms with E-state index in [0.717, 1.165) is 32.5 Å². The molecule has 0 radical (unpaired) electrons. The minimum Gasteiger partial charge on any atom is -0.618 e. The number of anilines is 1. The molecular weight excluding hydrogens is 699 g/mol. The predicted molar refractivity (Wildman–Crippen MR) is 200 cm³/mol. The summed E-state index contributed by atoms with van der Waals surface area (Å²) in [6.07, 6.45) is 0.232. The molecule has 1 aromatic heterocycles. The van der Waals surface area contributed by atoms with E-state index >= 15 is 0 Å². The van der Waals surface area contributed by atoms with Crippen LogP contribution in [0.3, 0.4) is 0 Å². The van der Waals surface area contributed by atoms with E-state index in [1.165, 1.54) is 30.1 Å². The highest BCUT2D eigenvalue weighted by Gasteiger charge is 2.39. The van der Waals surface area contributed by atoms with Gasteiger partial charge in [-0.25, -0.2) is 8.42 Å². The third kappa shape index (κ3) is 9.26. The van der Waals surface area contributed by atoms with Gasteiger partial charge >= 0.3 is 0 Å². The number of nitrogens with one attached hydrogen (secondary N) is 2. The number of pyridine rings is 1. The van der Waals surface area contributed by atoms with Crippen LogP contribution >= 0.6 is 11.8 Å². The van der Waals surface area contributed by atoms with Gasteiger partial charge in [0.15, 0.2) is 12.5 Å². The molecule has 1 fully saturated rings. The fourth-order valence-corrected chi connectivity index (χ4v) is 8.24. The topological polar surface area (TPSA) is 141 Å².